The Kier molecular flexibility index (Phi) is 4.47. The van der Waals surface area contributed by atoms with E-state index in [4.69, 9.17) is 0 Å². The van der Waals surface area contributed by atoms with Gasteiger partial charge < -0.3 is 19.6 Å². The Bertz CT molecular complexity index is 974. The number of aromatic nitrogens is 4. The molecule has 7 nitrogen and oxygen atoms in total. The van der Waals surface area contributed by atoms with Gasteiger partial charge in [-0.2, -0.15) is 0 Å². The summed E-state index contributed by atoms with van der Waals surface area (Å²) in [6, 6.07) is 5.54. The predicted octanol–water partition coefficient (Wildman–Crippen LogP) is 2.62. The highest BCUT2D eigenvalue weighted by Crippen LogP contribution is 2.31. The zero-order chi connectivity index (χ0) is 19.1. The standard InChI is InChI=1S/C20H25N5O2/c1-12(2)25-11-22-16-10-14(4-6-17(16)25)20(27)23-15-5-7-18(19(15)26)24-9-8-21-13(24)3/h4,6,8-12,15,18-19,26H,5,7H2,1-3H3,(H,23,27)/t15-,18-,19-/m1/s1. The van der Waals surface area contributed by atoms with Crippen LogP contribution >= 0.6 is 0 Å². The van der Waals surface area contributed by atoms with E-state index >= 15 is 0 Å². The second-order valence-electron chi connectivity index (χ2n) is 7.55. The van der Waals surface area contributed by atoms with E-state index < -0.39 is 6.10 Å². The number of nitrogens with one attached hydrogen (secondary N) is 1. The highest BCUT2D eigenvalue weighted by atomic mass is 16.3. The van der Waals surface area contributed by atoms with E-state index in [1.165, 1.54) is 0 Å². The molecule has 1 saturated carbocycles. The van der Waals surface area contributed by atoms with Crippen molar-refractivity contribution >= 4 is 16.9 Å². The van der Waals surface area contributed by atoms with Gasteiger partial charge in [-0.3, -0.25) is 4.79 Å². The average Bonchev–Trinajstić information content (AvgIpc) is 3.34. The first-order chi connectivity index (χ1) is 13.0. The van der Waals surface area contributed by atoms with Gasteiger partial charge in [0.2, 0.25) is 0 Å². The lowest BCUT2D eigenvalue weighted by Crippen LogP contribution is -2.42. The van der Waals surface area contributed by atoms with Crippen molar-refractivity contribution in [2.75, 3.05) is 0 Å². The van der Waals surface area contributed by atoms with Gasteiger partial charge in [0.05, 0.1) is 35.5 Å². The van der Waals surface area contributed by atoms with E-state index in [-0.39, 0.29) is 18.0 Å². The third-order valence-electron chi connectivity index (χ3n) is 5.51. The summed E-state index contributed by atoms with van der Waals surface area (Å²) in [5.74, 6) is 0.695. The van der Waals surface area contributed by atoms with Gasteiger partial charge in [-0.15, -0.1) is 0 Å². The fourth-order valence-corrected chi connectivity index (χ4v) is 4.00. The number of rotatable bonds is 4. The average molecular weight is 367 g/mol. The number of aliphatic hydroxyl groups excluding tert-OH is 1. The molecule has 0 bridgehead atoms. The number of amides is 1. The van der Waals surface area contributed by atoms with E-state index in [0.717, 1.165) is 29.7 Å². The van der Waals surface area contributed by atoms with E-state index in [0.29, 0.717) is 11.6 Å². The van der Waals surface area contributed by atoms with E-state index in [1.807, 2.05) is 35.9 Å². The Morgan fingerprint density at radius 3 is 2.81 bits per heavy atom. The zero-order valence-electron chi connectivity index (χ0n) is 15.8. The molecule has 1 aliphatic carbocycles. The molecular formula is C20H25N5O2. The lowest BCUT2D eigenvalue weighted by Gasteiger charge is -2.22. The molecular weight excluding hydrogens is 342 g/mol. The van der Waals surface area contributed by atoms with Gasteiger partial charge in [-0.25, -0.2) is 9.97 Å². The van der Waals surface area contributed by atoms with Crippen molar-refractivity contribution in [2.45, 2.75) is 57.8 Å². The van der Waals surface area contributed by atoms with E-state index in [9.17, 15) is 9.90 Å². The normalized spacial score (nSPS) is 22.6. The van der Waals surface area contributed by atoms with Crippen molar-refractivity contribution in [3.63, 3.8) is 0 Å². The van der Waals surface area contributed by atoms with Crippen LogP contribution in [0.5, 0.6) is 0 Å². The first-order valence-electron chi connectivity index (χ1n) is 9.40. The molecule has 2 aromatic heterocycles. The van der Waals surface area contributed by atoms with Crippen LogP contribution in [0.3, 0.4) is 0 Å². The molecule has 7 heteroatoms. The predicted molar refractivity (Wildman–Crippen MR) is 103 cm³/mol. The molecule has 1 aliphatic rings. The van der Waals surface area contributed by atoms with Crippen molar-refractivity contribution in [3.8, 4) is 0 Å². The zero-order valence-corrected chi connectivity index (χ0v) is 15.8. The van der Waals surface area contributed by atoms with Crippen LogP contribution in [0.1, 0.15) is 55.0 Å². The van der Waals surface area contributed by atoms with Crippen LogP contribution in [0.15, 0.2) is 36.9 Å². The largest absolute Gasteiger partial charge is 0.389 e. The summed E-state index contributed by atoms with van der Waals surface area (Å²) >= 11 is 0. The molecule has 2 heterocycles. The number of carbonyl (C=O) groups is 1. The Morgan fingerprint density at radius 2 is 2.11 bits per heavy atom. The Morgan fingerprint density at radius 1 is 1.30 bits per heavy atom. The SMILES string of the molecule is Cc1nccn1[C@@H]1CC[C@@H](NC(=O)c2ccc3c(c2)ncn3C(C)C)[C@H]1O. The number of aliphatic hydroxyl groups is 1. The number of nitrogens with zero attached hydrogens (tertiary/aromatic N) is 4. The molecule has 2 N–H and O–H groups in total. The third-order valence-corrected chi connectivity index (χ3v) is 5.51. The molecule has 1 fully saturated rings. The van der Waals surface area contributed by atoms with E-state index in [1.54, 1.807) is 12.5 Å². The maximum atomic E-state index is 12.7. The Balaban J connectivity index is 1.49. The summed E-state index contributed by atoms with van der Waals surface area (Å²) in [7, 11) is 0. The van der Waals surface area contributed by atoms with E-state index in [2.05, 4.69) is 33.7 Å². The van der Waals surface area contributed by atoms with Gasteiger partial charge in [0.15, 0.2) is 0 Å². The lowest BCUT2D eigenvalue weighted by molar-refractivity contribution is 0.0812. The van der Waals surface area contributed by atoms with Crippen LogP contribution in [0.2, 0.25) is 0 Å². The quantitative estimate of drug-likeness (QED) is 0.742. The second kappa shape index (κ2) is 6.81. The van der Waals surface area contributed by atoms with Crippen molar-refractivity contribution in [3.05, 3.63) is 48.3 Å². The van der Waals surface area contributed by atoms with Gasteiger partial charge >= 0.3 is 0 Å². The van der Waals surface area contributed by atoms with Crippen LogP contribution in [0.25, 0.3) is 11.0 Å². The molecule has 1 aromatic carbocycles. The topological polar surface area (TPSA) is 85.0 Å². The highest BCUT2D eigenvalue weighted by Gasteiger charge is 2.37. The number of carbonyl (C=O) groups excluding carboxylic acids is 1. The smallest absolute Gasteiger partial charge is 0.251 e. The molecule has 0 aliphatic heterocycles. The molecule has 27 heavy (non-hydrogen) atoms. The van der Waals surface area contributed by atoms with Crippen molar-refractivity contribution < 1.29 is 9.90 Å². The Hall–Kier alpha value is -2.67. The minimum absolute atomic E-state index is 0.0537. The summed E-state index contributed by atoms with van der Waals surface area (Å²) in [6.45, 7) is 6.12. The van der Waals surface area contributed by atoms with Crippen LogP contribution in [-0.4, -0.2) is 42.3 Å². The number of fused-ring (bicyclic) bond motifs is 1. The number of hydrogen-bond acceptors (Lipinski definition) is 4. The van der Waals surface area contributed by atoms with Crippen molar-refractivity contribution in [1.82, 2.24) is 24.4 Å². The Labute approximate surface area is 158 Å². The maximum Gasteiger partial charge on any atom is 0.251 e. The van der Waals surface area contributed by atoms with Crippen LogP contribution in [0, 0.1) is 6.92 Å². The van der Waals surface area contributed by atoms with Crippen LogP contribution in [0.4, 0.5) is 0 Å². The second-order valence-corrected chi connectivity index (χ2v) is 7.55. The minimum Gasteiger partial charge on any atom is -0.389 e. The molecule has 0 spiro atoms. The summed E-state index contributed by atoms with van der Waals surface area (Å²) in [5.41, 5.74) is 2.37. The van der Waals surface area contributed by atoms with Crippen molar-refractivity contribution in [1.29, 1.82) is 0 Å². The number of benzene rings is 1. The van der Waals surface area contributed by atoms with Gasteiger partial charge in [-0.1, -0.05) is 0 Å². The summed E-state index contributed by atoms with van der Waals surface area (Å²) < 4.78 is 4.07. The highest BCUT2D eigenvalue weighted by molar-refractivity contribution is 5.97. The number of hydrogen-bond donors (Lipinski definition) is 2. The minimum atomic E-state index is -0.634. The van der Waals surface area contributed by atoms with Crippen LogP contribution < -0.4 is 5.32 Å². The molecule has 4 rings (SSSR count). The summed E-state index contributed by atoms with van der Waals surface area (Å²) in [4.78, 5) is 21.4. The van der Waals surface area contributed by atoms with Gasteiger partial charge in [0.25, 0.3) is 5.91 Å². The summed E-state index contributed by atoms with van der Waals surface area (Å²) in [5, 5.41) is 13.7. The number of aryl methyl sites for hydroxylation is 1. The van der Waals surface area contributed by atoms with Crippen molar-refractivity contribution in [2.24, 2.45) is 0 Å². The molecule has 1 amide bonds. The maximum absolute atomic E-state index is 12.7. The number of imidazole rings is 2. The fourth-order valence-electron chi connectivity index (χ4n) is 4.00. The summed E-state index contributed by atoms with van der Waals surface area (Å²) in [6.07, 6.45) is 6.33. The van der Waals surface area contributed by atoms with Gasteiger partial charge in [0, 0.05) is 24.0 Å². The first-order valence-corrected chi connectivity index (χ1v) is 9.40. The lowest BCUT2D eigenvalue weighted by atomic mass is 10.1. The molecule has 3 atom stereocenters. The molecule has 3 aromatic rings. The van der Waals surface area contributed by atoms with Gasteiger partial charge in [-0.05, 0) is 51.8 Å². The monoisotopic (exact) mass is 367 g/mol. The molecule has 0 radical (unpaired) electrons. The molecule has 0 saturated heterocycles. The molecule has 142 valence electrons. The fraction of sp³-hybridized carbons (Fsp3) is 0.450. The van der Waals surface area contributed by atoms with Gasteiger partial charge in [0.1, 0.15) is 5.82 Å². The molecule has 0 unspecified atom stereocenters. The third kappa shape index (κ3) is 3.12. The van der Waals surface area contributed by atoms with Crippen LogP contribution in [-0.2, 0) is 0 Å². The first kappa shape index (κ1) is 17.7.